The molecule has 3 heteroatoms. The van der Waals surface area contributed by atoms with Crippen LogP contribution in [0.15, 0.2) is 0 Å². The zero-order valence-electron chi connectivity index (χ0n) is 8.44. The first kappa shape index (κ1) is 11.4. The monoisotopic (exact) mass is 173 g/mol. The first-order valence-corrected chi connectivity index (χ1v) is 4.23. The smallest absolute Gasteiger partial charge is 0.306 e. The lowest BCUT2D eigenvalue weighted by atomic mass is 9.97. The molecule has 0 aromatic carbocycles. The summed E-state index contributed by atoms with van der Waals surface area (Å²) < 4.78 is 4.50. The van der Waals surface area contributed by atoms with Gasteiger partial charge in [0.1, 0.15) is 0 Å². The number of rotatable bonds is 4. The number of ether oxygens (including phenoxy) is 1. The number of nitrogens with one attached hydrogen (secondary N) is 1. The minimum absolute atomic E-state index is 0.156. The van der Waals surface area contributed by atoms with Gasteiger partial charge in [0.15, 0.2) is 0 Å². The van der Waals surface area contributed by atoms with Gasteiger partial charge in [-0.25, -0.2) is 0 Å². The average Bonchev–Trinajstić information content (AvgIpc) is 1.96. The molecule has 0 aromatic rings. The van der Waals surface area contributed by atoms with Crippen molar-refractivity contribution in [3.8, 4) is 0 Å². The highest BCUT2D eigenvalue weighted by molar-refractivity contribution is 5.69. The van der Waals surface area contributed by atoms with E-state index in [0.717, 1.165) is 6.54 Å². The molecule has 0 bridgehead atoms. The van der Waals surface area contributed by atoms with Gasteiger partial charge in [0.25, 0.3) is 0 Å². The fourth-order valence-electron chi connectivity index (χ4n) is 0.756. The molecule has 0 spiro atoms. The Labute approximate surface area is 74.5 Å². The first-order valence-electron chi connectivity index (χ1n) is 4.23. The van der Waals surface area contributed by atoms with Gasteiger partial charge >= 0.3 is 5.97 Å². The van der Waals surface area contributed by atoms with Gasteiger partial charge in [-0.15, -0.1) is 0 Å². The molecule has 3 nitrogen and oxygen atoms in total. The number of carbonyl (C=O) groups excluding carboxylic acids is 1. The van der Waals surface area contributed by atoms with E-state index in [-0.39, 0.29) is 11.4 Å². The van der Waals surface area contributed by atoms with Crippen LogP contribution in [0.3, 0.4) is 0 Å². The lowest BCUT2D eigenvalue weighted by molar-refractivity contribution is -0.140. The fraction of sp³-hybridized carbons (Fsp3) is 0.889. The number of methoxy groups -OCH3 is 1. The van der Waals surface area contributed by atoms with Gasteiger partial charge in [-0.05, 0) is 5.41 Å². The maximum absolute atomic E-state index is 10.7. The molecule has 0 amide bonds. The zero-order valence-corrected chi connectivity index (χ0v) is 8.44. The molecule has 0 saturated carbocycles. The van der Waals surface area contributed by atoms with Crippen LogP contribution in [0.4, 0.5) is 0 Å². The molecular formula is C9H19NO2. The number of hydrogen-bond acceptors (Lipinski definition) is 3. The quantitative estimate of drug-likeness (QED) is 0.512. The van der Waals surface area contributed by atoms with E-state index in [0.29, 0.717) is 13.0 Å². The van der Waals surface area contributed by atoms with Crippen LogP contribution < -0.4 is 5.32 Å². The Hall–Kier alpha value is -0.570. The summed E-state index contributed by atoms with van der Waals surface area (Å²) >= 11 is 0. The summed E-state index contributed by atoms with van der Waals surface area (Å²) in [5.74, 6) is -0.156. The Balaban J connectivity index is 3.28. The first-order chi connectivity index (χ1) is 5.45. The molecule has 0 fully saturated rings. The van der Waals surface area contributed by atoms with E-state index >= 15 is 0 Å². The maximum atomic E-state index is 10.7. The lowest BCUT2D eigenvalue weighted by Gasteiger charge is -2.18. The Morgan fingerprint density at radius 1 is 1.42 bits per heavy atom. The zero-order chi connectivity index (χ0) is 9.61. The summed E-state index contributed by atoms with van der Waals surface area (Å²) in [5, 5.41) is 3.19. The van der Waals surface area contributed by atoms with E-state index < -0.39 is 0 Å². The van der Waals surface area contributed by atoms with Gasteiger partial charge in [-0.2, -0.15) is 0 Å². The topological polar surface area (TPSA) is 38.3 Å². The van der Waals surface area contributed by atoms with Crippen molar-refractivity contribution in [1.82, 2.24) is 5.32 Å². The Morgan fingerprint density at radius 2 is 2.00 bits per heavy atom. The standard InChI is InChI=1S/C9H19NO2/c1-9(2,3)7-10-6-5-8(11)12-4/h10H,5-7H2,1-4H3. The Morgan fingerprint density at radius 3 is 2.42 bits per heavy atom. The van der Waals surface area contributed by atoms with Crippen molar-refractivity contribution >= 4 is 5.97 Å². The van der Waals surface area contributed by atoms with Crippen molar-refractivity contribution in [1.29, 1.82) is 0 Å². The maximum Gasteiger partial charge on any atom is 0.306 e. The summed E-state index contributed by atoms with van der Waals surface area (Å²) in [4.78, 5) is 10.7. The third-order valence-electron chi connectivity index (χ3n) is 1.39. The van der Waals surface area contributed by atoms with E-state index in [1.807, 2.05) is 0 Å². The Bertz CT molecular complexity index is 138. The van der Waals surface area contributed by atoms with Gasteiger partial charge in [-0.1, -0.05) is 20.8 Å². The largest absolute Gasteiger partial charge is 0.469 e. The van der Waals surface area contributed by atoms with Crippen molar-refractivity contribution in [2.75, 3.05) is 20.2 Å². The second-order valence-corrected chi connectivity index (χ2v) is 4.06. The van der Waals surface area contributed by atoms with Crippen molar-refractivity contribution in [3.05, 3.63) is 0 Å². The van der Waals surface area contributed by atoms with Crippen LogP contribution in [-0.4, -0.2) is 26.2 Å². The lowest BCUT2D eigenvalue weighted by Crippen LogP contribution is -2.28. The highest BCUT2D eigenvalue weighted by Crippen LogP contribution is 2.09. The van der Waals surface area contributed by atoms with Crippen LogP contribution in [0.1, 0.15) is 27.2 Å². The van der Waals surface area contributed by atoms with E-state index in [9.17, 15) is 4.79 Å². The number of carbonyl (C=O) groups is 1. The van der Waals surface area contributed by atoms with Gasteiger partial charge < -0.3 is 10.1 Å². The van der Waals surface area contributed by atoms with Gasteiger partial charge in [0.2, 0.25) is 0 Å². The highest BCUT2D eigenvalue weighted by Gasteiger charge is 2.09. The van der Waals surface area contributed by atoms with Crippen LogP contribution in [0, 0.1) is 5.41 Å². The molecule has 72 valence electrons. The molecule has 0 radical (unpaired) electrons. The summed E-state index contributed by atoms with van der Waals surface area (Å²) in [6.07, 6.45) is 0.451. The van der Waals surface area contributed by atoms with Crippen LogP contribution in [0.25, 0.3) is 0 Å². The predicted molar refractivity (Wildman–Crippen MR) is 49.0 cm³/mol. The van der Waals surface area contributed by atoms with Crippen LogP contribution in [0.5, 0.6) is 0 Å². The normalized spacial score (nSPS) is 11.3. The molecule has 0 heterocycles. The minimum Gasteiger partial charge on any atom is -0.469 e. The van der Waals surface area contributed by atoms with Gasteiger partial charge in [0.05, 0.1) is 13.5 Å². The molecule has 0 atom stereocenters. The molecule has 1 N–H and O–H groups in total. The van der Waals surface area contributed by atoms with Crippen LogP contribution in [-0.2, 0) is 9.53 Å². The SMILES string of the molecule is COC(=O)CCNCC(C)(C)C. The average molecular weight is 173 g/mol. The second-order valence-electron chi connectivity index (χ2n) is 4.06. The van der Waals surface area contributed by atoms with E-state index in [2.05, 4.69) is 30.8 Å². The van der Waals surface area contributed by atoms with Crippen molar-refractivity contribution < 1.29 is 9.53 Å². The van der Waals surface area contributed by atoms with Crippen LogP contribution in [0.2, 0.25) is 0 Å². The minimum atomic E-state index is -0.156. The summed E-state index contributed by atoms with van der Waals surface area (Å²) in [6, 6.07) is 0. The molecule has 0 aliphatic heterocycles. The molecular weight excluding hydrogens is 154 g/mol. The van der Waals surface area contributed by atoms with Gasteiger partial charge in [-0.3, -0.25) is 4.79 Å². The number of hydrogen-bond donors (Lipinski definition) is 1. The molecule has 12 heavy (non-hydrogen) atoms. The second kappa shape index (κ2) is 5.14. The van der Waals surface area contributed by atoms with Crippen molar-refractivity contribution in [2.24, 2.45) is 5.41 Å². The summed E-state index contributed by atoms with van der Waals surface area (Å²) in [6.45, 7) is 8.07. The highest BCUT2D eigenvalue weighted by atomic mass is 16.5. The van der Waals surface area contributed by atoms with E-state index in [1.165, 1.54) is 7.11 Å². The molecule has 0 aliphatic carbocycles. The molecule has 0 rings (SSSR count). The van der Waals surface area contributed by atoms with Crippen LogP contribution >= 0.6 is 0 Å². The fourth-order valence-corrected chi connectivity index (χ4v) is 0.756. The molecule has 0 aromatic heterocycles. The van der Waals surface area contributed by atoms with Gasteiger partial charge in [0, 0.05) is 13.1 Å². The van der Waals surface area contributed by atoms with Crippen molar-refractivity contribution in [2.45, 2.75) is 27.2 Å². The summed E-state index contributed by atoms with van der Waals surface area (Å²) in [7, 11) is 1.41. The van der Waals surface area contributed by atoms with Crippen molar-refractivity contribution in [3.63, 3.8) is 0 Å². The molecule has 0 unspecified atom stereocenters. The Kier molecular flexibility index (Phi) is 4.90. The predicted octanol–water partition coefficient (Wildman–Crippen LogP) is 1.19. The summed E-state index contributed by atoms with van der Waals surface area (Å²) in [5.41, 5.74) is 0.274. The molecule has 0 aliphatic rings. The third kappa shape index (κ3) is 7.54. The molecule has 0 saturated heterocycles. The van der Waals surface area contributed by atoms with E-state index in [4.69, 9.17) is 0 Å². The number of esters is 1. The van der Waals surface area contributed by atoms with E-state index in [1.54, 1.807) is 0 Å². The third-order valence-corrected chi connectivity index (χ3v) is 1.39.